The van der Waals surface area contributed by atoms with Crippen LogP contribution in [0.25, 0.3) is 0 Å². The zero-order chi connectivity index (χ0) is 9.14. The number of hydrogen-bond acceptors (Lipinski definition) is 4. The van der Waals surface area contributed by atoms with Gasteiger partial charge in [0.15, 0.2) is 0 Å². The van der Waals surface area contributed by atoms with Crippen molar-refractivity contribution in [1.29, 1.82) is 0 Å². The van der Waals surface area contributed by atoms with Crippen molar-refractivity contribution >= 4 is 30.8 Å². The predicted octanol–water partition coefficient (Wildman–Crippen LogP) is -2.67. The summed E-state index contributed by atoms with van der Waals surface area (Å²) in [6.45, 7) is 0. The van der Waals surface area contributed by atoms with Crippen LogP contribution in [0.5, 0.6) is 0 Å². The van der Waals surface area contributed by atoms with Gasteiger partial charge in [-0.3, -0.25) is 0 Å². The van der Waals surface area contributed by atoms with Crippen LogP contribution < -0.4 is 10.2 Å². The Hall–Kier alpha value is -1.20. The van der Waals surface area contributed by atoms with Crippen molar-refractivity contribution in [3.05, 3.63) is 35.5 Å². The molecule has 0 saturated heterocycles. The molecule has 0 bridgehead atoms. The van der Waals surface area contributed by atoms with E-state index in [4.69, 9.17) is 0 Å². The summed E-state index contributed by atoms with van der Waals surface area (Å²) in [7, 11) is 0. The van der Waals surface area contributed by atoms with E-state index in [9.17, 15) is 19.8 Å². The zero-order valence-corrected chi connectivity index (χ0v) is 6.87. The maximum absolute atomic E-state index is 10.2. The smallest absolute Gasteiger partial charge is 0.0792 e. The largest absolute Gasteiger partial charge is 0.549 e. The minimum Gasteiger partial charge on any atom is -0.549 e. The number of rotatable bonds is 2. The molecule has 0 spiro atoms. The Kier molecular flexibility index (Phi) is 4.30. The third-order valence-electron chi connectivity index (χ3n) is 1.27. The Morgan fingerprint density at radius 3 is 2.08 bits per heavy atom. The summed E-state index contributed by atoms with van der Waals surface area (Å²) in [5.74, 6) is -2.86. The first-order valence-electron chi connectivity index (χ1n) is 3.05. The van der Waals surface area contributed by atoms with Gasteiger partial charge in [-0.15, -0.1) is 5.73 Å². The van der Waals surface area contributed by atoms with Gasteiger partial charge >= 0.3 is 0 Å². The second-order valence-corrected chi connectivity index (χ2v) is 2.07. The number of carboxylic acid groups (broad SMARTS) is 2. The Morgan fingerprint density at radius 2 is 1.77 bits per heavy atom. The molecule has 0 unspecified atom stereocenters. The van der Waals surface area contributed by atoms with Gasteiger partial charge in [-0.25, -0.2) is 0 Å². The minimum atomic E-state index is -1.39. The van der Waals surface area contributed by atoms with E-state index in [0.717, 1.165) is 18.2 Å². The first-order chi connectivity index (χ1) is 5.61. The van der Waals surface area contributed by atoms with Crippen LogP contribution in [0, 0.1) is 5.92 Å². The molecular formula is C8H3LiO4-2. The number of hydrogen-bond donors (Lipinski definition) is 0. The molecule has 0 N–H and O–H groups in total. The SMILES string of the molecule is O=C([O-])[C]1C=C=C(C(=O)[O-])C=C1.[Li]. The molecule has 0 aromatic heterocycles. The molecule has 0 amide bonds. The third kappa shape index (κ3) is 2.96. The van der Waals surface area contributed by atoms with Crippen LogP contribution in [-0.4, -0.2) is 30.8 Å². The summed E-state index contributed by atoms with van der Waals surface area (Å²) in [5.41, 5.74) is 2.05. The van der Waals surface area contributed by atoms with Gasteiger partial charge in [0.25, 0.3) is 0 Å². The third-order valence-corrected chi connectivity index (χ3v) is 1.27. The summed E-state index contributed by atoms with van der Waals surface area (Å²) in [6.07, 6.45) is 3.25. The molecule has 0 fully saturated rings. The van der Waals surface area contributed by atoms with E-state index in [0.29, 0.717) is 0 Å². The van der Waals surface area contributed by atoms with Crippen molar-refractivity contribution in [1.82, 2.24) is 0 Å². The van der Waals surface area contributed by atoms with Crippen molar-refractivity contribution in [2.24, 2.45) is 0 Å². The number of carbonyl (C=O) groups is 2. The molecule has 0 saturated carbocycles. The molecular weight excluding hydrogens is 167 g/mol. The van der Waals surface area contributed by atoms with Crippen molar-refractivity contribution in [3.63, 3.8) is 0 Å². The van der Waals surface area contributed by atoms with Crippen LogP contribution in [0.4, 0.5) is 0 Å². The normalized spacial score (nSPS) is 14.6. The van der Waals surface area contributed by atoms with E-state index >= 15 is 0 Å². The van der Waals surface area contributed by atoms with Crippen LogP contribution in [0.15, 0.2) is 29.5 Å². The van der Waals surface area contributed by atoms with E-state index in [1.807, 2.05) is 0 Å². The summed E-state index contributed by atoms with van der Waals surface area (Å²) < 4.78 is 0. The molecule has 0 aliphatic heterocycles. The van der Waals surface area contributed by atoms with Crippen molar-refractivity contribution < 1.29 is 19.8 Å². The molecule has 1 rings (SSSR count). The maximum atomic E-state index is 10.2. The molecule has 0 atom stereocenters. The van der Waals surface area contributed by atoms with Crippen LogP contribution in [0.1, 0.15) is 0 Å². The number of aliphatic carboxylic acids is 2. The van der Waals surface area contributed by atoms with Gasteiger partial charge in [0.05, 0.1) is 17.9 Å². The quantitative estimate of drug-likeness (QED) is 0.334. The zero-order valence-electron chi connectivity index (χ0n) is 6.87. The first-order valence-corrected chi connectivity index (χ1v) is 3.05. The van der Waals surface area contributed by atoms with E-state index in [1.54, 1.807) is 0 Å². The molecule has 0 aromatic carbocycles. The molecule has 0 aromatic rings. The van der Waals surface area contributed by atoms with Crippen molar-refractivity contribution in [2.45, 2.75) is 0 Å². The molecule has 13 heavy (non-hydrogen) atoms. The van der Waals surface area contributed by atoms with E-state index < -0.39 is 11.9 Å². The van der Waals surface area contributed by atoms with E-state index in [1.165, 1.54) is 0 Å². The maximum Gasteiger partial charge on any atom is 0.0792 e. The average Bonchev–Trinajstić information content (AvgIpc) is 2.04. The van der Waals surface area contributed by atoms with Crippen LogP contribution in [0.3, 0.4) is 0 Å². The molecule has 5 heteroatoms. The molecule has 4 nitrogen and oxygen atoms in total. The van der Waals surface area contributed by atoms with Crippen molar-refractivity contribution in [2.75, 3.05) is 0 Å². The van der Waals surface area contributed by atoms with Crippen molar-refractivity contribution in [3.8, 4) is 0 Å². The second kappa shape index (κ2) is 4.73. The van der Waals surface area contributed by atoms with Gasteiger partial charge in [0.1, 0.15) is 0 Å². The Labute approximate surface area is 86.4 Å². The second-order valence-electron chi connectivity index (χ2n) is 2.07. The van der Waals surface area contributed by atoms with Gasteiger partial charge in [-0.05, 0) is 12.2 Å². The van der Waals surface area contributed by atoms with E-state index in [-0.39, 0.29) is 30.4 Å². The molecule has 2 radical (unpaired) electrons. The fraction of sp³-hybridized carbons (Fsp3) is 0. The van der Waals surface area contributed by atoms with Gasteiger partial charge < -0.3 is 19.8 Å². The molecule has 62 valence electrons. The predicted molar refractivity (Wildman–Crippen MR) is 39.7 cm³/mol. The summed E-state index contributed by atoms with van der Waals surface area (Å²) in [6, 6.07) is 0. The van der Waals surface area contributed by atoms with Crippen LogP contribution in [0.2, 0.25) is 0 Å². The Morgan fingerprint density at radius 1 is 1.15 bits per heavy atom. The summed E-state index contributed by atoms with van der Waals surface area (Å²) >= 11 is 0. The number of carboxylic acids is 2. The minimum absolute atomic E-state index is 0. The van der Waals surface area contributed by atoms with Gasteiger partial charge in [0, 0.05) is 24.4 Å². The Balaban J connectivity index is 0.00000144. The number of carbonyl (C=O) groups excluding carboxylic acids is 2. The van der Waals surface area contributed by atoms with Crippen LogP contribution in [-0.2, 0) is 9.59 Å². The summed E-state index contributed by atoms with van der Waals surface area (Å²) in [4.78, 5) is 20.4. The fourth-order valence-electron chi connectivity index (χ4n) is 0.679. The standard InChI is InChI=1S/C8H5O4.Li/c9-7(10)5-1-2-6(4-3-5)8(11)12;/h1-3H,(H,9,10)(H,11,12);/p-2. The molecule has 0 heterocycles. The Bertz CT molecular complexity index is 323. The topological polar surface area (TPSA) is 80.3 Å². The van der Waals surface area contributed by atoms with Gasteiger partial charge in [0.2, 0.25) is 0 Å². The monoisotopic (exact) mass is 170 g/mol. The molecule has 1 aliphatic rings. The van der Waals surface area contributed by atoms with Gasteiger partial charge in [-0.1, -0.05) is 6.08 Å². The fourth-order valence-corrected chi connectivity index (χ4v) is 0.679. The van der Waals surface area contributed by atoms with Crippen LogP contribution >= 0.6 is 0 Å². The van der Waals surface area contributed by atoms with E-state index in [2.05, 4.69) is 5.73 Å². The average molecular weight is 170 g/mol. The van der Waals surface area contributed by atoms with Gasteiger partial charge in [-0.2, -0.15) is 0 Å². The first kappa shape index (κ1) is 11.8. The summed E-state index contributed by atoms with van der Waals surface area (Å²) in [5, 5.41) is 20.4. The molecule has 1 aliphatic carbocycles.